The fourth-order valence-corrected chi connectivity index (χ4v) is 5.60. The molecular formula is C14H22O. The summed E-state index contributed by atoms with van der Waals surface area (Å²) < 4.78 is 6.35. The third-order valence-electron chi connectivity index (χ3n) is 6.00. The van der Waals surface area contributed by atoms with Crippen molar-refractivity contribution in [3.05, 3.63) is 0 Å². The summed E-state index contributed by atoms with van der Waals surface area (Å²) in [6.45, 7) is 2.27. The molecule has 2 bridgehead atoms. The summed E-state index contributed by atoms with van der Waals surface area (Å²) in [5.74, 6) is 4.18. The molecule has 0 amide bonds. The topological polar surface area (TPSA) is 9.23 Å². The van der Waals surface area contributed by atoms with Gasteiger partial charge in [0.15, 0.2) is 0 Å². The van der Waals surface area contributed by atoms with E-state index in [2.05, 4.69) is 6.92 Å². The maximum absolute atomic E-state index is 6.35. The highest BCUT2D eigenvalue weighted by Crippen LogP contribution is 2.65. The minimum atomic E-state index is 0.371. The van der Waals surface area contributed by atoms with E-state index in [0.29, 0.717) is 11.7 Å². The summed E-state index contributed by atoms with van der Waals surface area (Å²) in [4.78, 5) is 0. The lowest BCUT2D eigenvalue weighted by Crippen LogP contribution is -2.41. The van der Waals surface area contributed by atoms with Crippen molar-refractivity contribution in [3.63, 3.8) is 0 Å². The summed E-state index contributed by atoms with van der Waals surface area (Å²) in [5.41, 5.74) is 0.371. The van der Waals surface area contributed by atoms with Crippen LogP contribution in [-0.2, 0) is 4.74 Å². The van der Waals surface area contributed by atoms with Gasteiger partial charge in [0.25, 0.3) is 0 Å². The highest BCUT2D eigenvalue weighted by atomic mass is 16.5. The van der Waals surface area contributed by atoms with Crippen molar-refractivity contribution in [2.75, 3.05) is 0 Å². The molecular weight excluding hydrogens is 184 g/mol. The number of hydrogen-bond acceptors (Lipinski definition) is 1. The summed E-state index contributed by atoms with van der Waals surface area (Å²) >= 11 is 0. The maximum Gasteiger partial charge on any atom is 0.0720 e. The number of fused-ring (bicyclic) bond motifs is 6. The van der Waals surface area contributed by atoms with Crippen LogP contribution in [0.5, 0.6) is 0 Å². The lowest BCUT2D eigenvalue weighted by molar-refractivity contribution is -0.0914. The predicted molar refractivity (Wildman–Crippen MR) is 59.6 cm³/mol. The average molecular weight is 206 g/mol. The molecule has 0 aromatic rings. The zero-order valence-electron chi connectivity index (χ0n) is 9.74. The van der Waals surface area contributed by atoms with Crippen LogP contribution in [0, 0.1) is 23.7 Å². The second kappa shape index (κ2) is 2.80. The van der Waals surface area contributed by atoms with Crippen LogP contribution >= 0.6 is 0 Å². The monoisotopic (exact) mass is 206 g/mol. The van der Waals surface area contributed by atoms with Gasteiger partial charge in [0.2, 0.25) is 0 Å². The first-order valence-corrected chi connectivity index (χ1v) is 6.96. The Morgan fingerprint density at radius 3 is 2.80 bits per heavy atom. The highest BCUT2D eigenvalue weighted by molar-refractivity contribution is 5.12. The molecule has 1 heterocycles. The molecule has 0 N–H and O–H groups in total. The Bertz CT molecular complexity index is 287. The van der Waals surface area contributed by atoms with E-state index in [0.717, 1.165) is 23.7 Å². The Labute approximate surface area is 92.6 Å². The van der Waals surface area contributed by atoms with E-state index in [1.807, 2.05) is 0 Å². The Balaban J connectivity index is 1.65. The fourth-order valence-electron chi connectivity index (χ4n) is 5.60. The van der Waals surface area contributed by atoms with E-state index < -0.39 is 0 Å². The number of rotatable bonds is 0. The zero-order chi connectivity index (χ0) is 10.0. The van der Waals surface area contributed by atoms with Crippen molar-refractivity contribution in [3.8, 4) is 0 Å². The number of ether oxygens (including phenoxy) is 1. The van der Waals surface area contributed by atoms with Crippen LogP contribution in [-0.4, -0.2) is 11.7 Å². The third-order valence-corrected chi connectivity index (χ3v) is 6.00. The molecule has 1 nitrogen and oxygen atoms in total. The van der Waals surface area contributed by atoms with Crippen molar-refractivity contribution < 1.29 is 4.74 Å². The Morgan fingerprint density at radius 1 is 1.13 bits per heavy atom. The molecule has 0 unspecified atom stereocenters. The minimum Gasteiger partial charge on any atom is -0.372 e. The molecule has 1 saturated heterocycles. The molecule has 4 fully saturated rings. The second-order valence-corrected chi connectivity index (χ2v) is 6.60. The molecule has 0 aromatic heterocycles. The Kier molecular flexibility index (Phi) is 1.68. The summed E-state index contributed by atoms with van der Waals surface area (Å²) in [7, 11) is 0. The molecule has 15 heavy (non-hydrogen) atoms. The third kappa shape index (κ3) is 1.03. The summed E-state index contributed by atoms with van der Waals surface area (Å²) in [6, 6.07) is 0. The van der Waals surface area contributed by atoms with E-state index in [4.69, 9.17) is 4.74 Å². The number of hydrogen-bond donors (Lipinski definition) is 0. The first kappa shape index (κ1) is 9.04. The van der Waals surface area contributed by atoms with Gasteiger partial charge in [0.1, 0.15) is 0 Å². The predicted octanol–water partition coefficient (Wildman–Crippen LogP) is 3.38. The van der Waals surface area contributed by atoms with Gasteiger partial charge in [-0.3, -0.25) is 0 Å². The van der Waals surface area contributed by atoms with Crippen molar-refractivity contribution in [1.82, 2.24) is 0 Å². The fraction of sp³-hybridized carbons (Fsp3) is 1.00. The van der Waals surface area contributed by atoms with Gasteiger partial charge in [0, 0.05) is 0 Å². The second-order valence-electron chi connectivity index (χ2n) is 6.60. The zero-order valence-corrected chi connectivity index (χ0v) is 9.74. The van der Waals surface area contributed by atoms with Gasteiger partial charge in [0.05, 0.1) is 11.7 Å². The van der Waals surface area contributed by atoms with Crippen LogP contribution in [0.4, 0.5) is 0 Å². The molecule has 1 spiro atoms. The summed E-state index contributed by atoms with van der Waals surface area (Å²) in [5, 5.41) is 0. The van der Waals surface area contributed by atoms with Gasteiger partial charge in [-0.15, -0.1) is 0 Å². The van der Waals surface area contributed by atoms with E-state index in [9.17, 15) is 0 Å². The van der Waals surface area contributed by atoms with Gasteiger partial charge in [-0.25, -0.2) is 0 Å². The smallest absolute Gasteiger partial charge is 0.0720 e. The van der Waals surface area contributed by atoms with Gasteiger partial charge in [-0.1, -0.05) is 6.42 Å². The largest absolute Gasteiger partial charge is 0.372 e. The van der Waals surface area contributed by atoms with E-state index in [1.165, 1.54) is 44.9 Å². The highest BCUT2D eigenvalue weighted by Gasteiger charge is 2.62. The molecule has 4 aliphatic rings. The van der Waals surface area contributed by atoms with Crippen molar-refractivity contribution >= 4 is 0 Å². The van der Waals surface area contributed by atoms with Gasteiger partial charge >= 0.3 is 0 Å². The Hall–Kier alpha value is -0.0400. The molecule has 0 aromatic carbocycles. The van der Waals surface area contributed by atoms with Gasteiger partial charge < -0.3 is 4.74 Å². The lowest BCUT2D eigenvalue weighted by Gasteiger charge is -2.40. The van der Waals surface area contributed by atoms with Crippen LogP contribution in [0.25, 0.3) is 0 Å². The molecule has 6 atom stereocenters. The standard InChI is InChI=1S/C14H22O/c1-9-5-6-14(15-9)8-10-7-13(14)12-4-2-3-11(10)12/h9-13H,2-8H2,1H3/t9-,10-,11-,12-,13+,14-/m1/s1. The van der Waals surface area contributed by atoms with E-state index in [-0.39, 0.29) is 0 Å². The van der Waals surface area contributed by atoms with Crippen LogP contribution in [0.3, 0.4) is 0 Å². The van der Waals surface area contributed by atoms with Crippen LogP contribution in [0.15, 0.2) is 0 Å². The Morgan fingerprint density at radius 2 is 2.00 bits per heavy atom. The van der Waals surface area contributed by atoms with Crippen molar-refractivity contribution in [2.24, 2.45) is 23.7 Å². The lowest BCUT2D eigenvalue weighted by atomic mass is 9.72. The normalized spacial score (nSPS) is 61.8. The molecule has 3 saturated carbocycles. The molecule has 84 valence electrons. The van der Waals surface area contributed by atoms with Crippen molar-refractivity contribution in [1.29, 1.82) is 0 Å². The first-order chi connectivity index (χ1) is 7.28. The molecule has 1 heteroatoms. The quantitative estimate of drug-likeness (QED) is 0.590. The minimum absolute atomic E-state index is 0.371. The van der Waals surface area contributed by atoms with Gasteiger partial charge in [-0.2, -0.15) is 0 Å². The van der Waals surface area contributed by atoms with Crippen LogP contribution < -0.4 is 0 Å². The van der Waals surface area contributed by atoms with Crippen LogP contribution in [0.2, 0.25) is 0 Å². The SMILES string of the molecule is C[C@@H]1CC[C@]2(C[C@H]3C[C@H]2[C@@H]2CCC[C@H]32)O1. The molecule has 4 rings (SSSR count). The summed E-state index contributed by atoms with van der Waals surface area (Å²) in [6.07, 6.45) is 10.7. The maximum atomic E-state index is 6.35. The van der Waals surface area contributed by atoms with E-state index >= 15 is 0 Å². The molecule has 1 aliphatic heterocycles. The van der Waals surface area contributed by atoms with Gasteiger partial charge in [-0.05, 0) is 69.1 Å². The van der Waals surface area contributed by atoms with Crippen molar-refractivity contribution in [2.45, 2.75) is 63.6 Å². The van der Waals surface area contributed by atoms with E-state index in [1.54, 1.807) is 0 Å². The first-order valence-electron chi connectivity index (χ1n) is 6.96. The average Bonchev–Trinajstić information content (AvgIpc) is 2.89. The molecule has 0 radical (unpaired) electrons. The van der Waals surface area contributed by atoms with Crippen LogP contribution in [0.1, 0.15) is 51.9 Å². The molecule has 3 aliphatic carbocycles.